The van der Waals surface area contributed by atoms with Gasteiger partial charge in [0.1, 0.15) is 0 Å². The van der Waals surface area contributed by atoms with Gasteiger partial charge in [0.25, 0.3) is 0 Å². The first-order chi connectivity index (χ1) is 15.2. The second-order valence-electron chi connectivity index (χ2n) is 7.73. The van der Waals surface area contributed by atoms with Gasteiger partial charge in [-0.2, -0.15) is 0 Å². The van der Waals surface area contributed by atoms with Gasteiger partial charge in [-0.1, -0.05) is 19.3 Å². The van der Waals surface area contributed by atoms with Gasteiger partial charge in [-0.3, -0.25) is 0 Å². The summed E-state index contributed by atoms with van der Waals surface area (Å²) in [6.07, 6.45) is 5.56. The summed E-state index contributed by atoms with van der Waals surface area (Å²) in [5.41, 5.74) is 0. The van der Waals surface area contributed by atoms with Crippen molar-refractivity contribution in [2.75, 3.05) is 64.0 Å². The molecule has 0 saturated carbocycles. The predicted molar refractivity (Wildman–Crippen MR) is 131 cm³/mol. The van der Waals surface area contributed by atoms with Gasteiger partial charge in [-0.15, -0.1) is 0 Å². The molecule has 0 amide bonds. The van der Waals surface area contributed by atoms with E-state index in [1.54, 1.807) is 64.0 Å². The van der Waals surface area contributed by atoms with E-state index < -0.39 is 26.4 Å². The maximum absolute atomic E-state index is 5.58. The molecular formula is C19H45O9Si4. The summed E-state index contributed by atoms with van der Waals surface area (Å²) in [5.74, 6) is 0. The normalized spacial score (nSPS) is 13.7. The summed E-state index contributed by atoms with van der Waals surface area (Å²) in [6, 6.07) is 2.26. The van der Waals surface area contributed by atoms with Crippen LogP contribution in [0.1, 0.15) is 38.5 Å². The molecule has 0 aliphatic rings. The Morgan fingerprint density at radius 3 is 0.781 bits per heavy atom. The lowest BCUT2D eigenvalue weighted by atomic mass is 9.92. The van der Waals surface area contributed by atoms with Crippen LogP contribution in [-0.2, 0) is 39.8 Å². The van der Waals surface area contributed by atoms with E-state index in [0.717, 1.165) is 56.7 Å². The highest BCUT2D eigenvalue weighted by atomic mass is 28.4. The molecule has 191 valence electrons. The van der Waals surface area contributed by atoms with E-state index >= 15 is 0 Å². The Balaban J connectivity index is 5.18. The van der Waals surface area contributed by atoms with Crippen molar-refractivity contribution < 1.29 is 39.8 Å². The molecule has 0 bridgehead atoms. The van der Waals surface area contributed by atoms with E-state index in [4.69, 9.17) is 39.8 Å². The van der Waals surface area contributed by atoms with Gasteiger partial charge >= 0.3 is 26.4 Å². The van der Waals surface area contributed by atoms with Gasteiger partial charge < -0.3 is 39.8 Å². The number of hydrogen-bond donors (Lipinski definition) is 0. The molecule has 0 aromatic carbocycles. The van der Waals surface area contributed by atoms with Crippen LogP contribution in [0.15, 0.2) is 0 Å². The predicted octanol–water partition coefficient (Wildman–Crippen LogP) is 3.29. The van der Waals surface area contributed by atoms with Crippen LogP contribution in [0.5, 0.6) is 0 Å². The van der Waals surface area contributed by atoms with Crippen LogP contribution in [0, 0.1) is 0 Å². The molecule has 3 radical (unpaired) electrons. The average Bonchev–Trinajstić information content (AvgIpc) is 2.83. The molecule has 0 rings (SSSR count). The maximum Gasteiger partial charge on any atom is 0.500 e. The third kappa shape index (κ3) is 10.0. The maximum atomic E-state index is 5.58. The van der Waals surface area contributed by atoms with Crippen LogP contribution in [0.3, 0.4) is 0 Å². The van der Waals surface area contributed by atoms with Crippen molar-refractivity contribution in [1.29, 1.82) is 0 Å². The molecule has 0 N–H and O–H groups in total. The fourth-order valence-electron chi connectivity index (χ4n) is 3.97. The Labute approximate surface area is 202 Å². The Bertz CT molecular complexity index is 386. The first kappa shape index (κ1) is 32.5. The summed E-state index contributed by atoms with van der Waals surface area (Å²) in [6.45, 7) is 0. The van der Waals surface area contributed by atoms with Crippen LogP contribution < -0.4 is 0 Å². The zero-order chi connectivity index (χ0) is 24.7. The summed E-state index contributed by atoms with van der Waals surface area (Å²) in [5, 5.41) is -0.0832. The molecule has 0 aliphatic heterocycles. The molecule has 0 fully saturated rings. The van der Waals surface area contributed by atoms with Gasteiger partial charge in [0.15, 0.2) is 0 Å². The Hall–Kier alpha value is 0.508. The van der Waals surface area contributed by atoms with Crippen LogP contribution in [0.4, 0.5) is 0 Å². The lowest BCUT2D eigenvalue weighted by Gasteiger charge is -2.33. The molecular weight excluding hydrogens is 485 g/mol. The molecule has 0 spiro atoms. The molecule has 0 unspecified atom stereocenters. The second kappa shape index (κ2) is 16.2. The lowest BCUT2D eigenvalue weighted by Crippen LogP contribution is -2.43. The number of rotatable bonds is 21. The van der Waals surface area contributed by atoms with Crippen LogP contribution in [-0.4, -0.2) is 101 Å². The smallest absolute Gasteiger partial charge is 0.377 e. The largest absolute Gasteiger partial charge is 0.500 e. The first-order valence-electron chi connectivity index (χ1n) is 10.9. The van der Waals surface area contributed by atoms with Crippen LogP contribution >= 0.6 is 0 Å². The van der Waals surface area contributed by atoms with Gasteiger partial charge in [0.2, 0.25) is 0 Å². The van der Waals surface area contributed by atoms with Crippen molar-refractivity contribution >= 4 is 36.7 Å². The average molecular weight is 530 g/mol. The van der Waals surface area contributed by atoms with Crippen molar-refractivity contribution in [3.8, 4) is 0 Å². The summed E-state index contributed by atoms with van der Waals surface area (Å²) < 4.78 is 50.2. The molecule has 0 saturated heterocycles. The standard InChI is InChI=1S/C19H45O9Si4/c1-20-30(21-2,22-3)16-10-13-19(29,14-11-17-31(23-4,24-5)25-6)15-12-18-32(26-7,27-8)28-9/h10-18H2,1-9H3. The molecule has 0 heterocycles. The minimum Gasteiger partial charge on any atom is -0.377 e. The fourth-order valence-corrected chi connectivity index (χ4v) is 9.67. The second-order valence-corrected chi connectivity index (χ2v) is 18.1. The topological polar surface area (TPSA) is 83.1 Å². The summed E-state index contributed by atoms with van der Waals surface area (Å²) >= 11 is 0. The zero-order valence-corrected chi connectivity index (χ0v) is 25.5. The molecule has 0 aliphatic carbocycles. The van der Waals surface area contributed by atoms with Crippen LogP contribution in [0.25, 0.3) is 0 Å². The van der Waals surface area contributed by atoms with Gasteiger partial charge in [-0.25, -0.2) is 0 Å². The van der Waals surface area contributed by atoms with E-state index in [1.165, 1.54) is 0 Å². The van der Waals surface area contributed by atoms with E-state index in [2.05, 4.69) is 10.2 Å². The van der Waals surface area contributed by atoms with Gasteiger partial charge in [0.05, 0.1) is 0 Å². The zero-order valence-electron chi connectivity index (χ0n) is 21.5. The van der Waals surface area contributed by atoms with Crippen molar-refractivity contribution in [3.63, 3.8) is 0 Å². The Morgan fingerprint density at radius 2 is 0.625 bits per heavy atom. The van der Waals surface area contributed by atoms with Crippen molar-refractivity contribution in [2.45, 2.75) is 61.7 Å². The van der Waals surface area contributed by atoms with Gasteiger partial charge in [0, 0.05) is 92.4 Å². The third-order valence-corrected chi connectivity index (χ3v) is 15.5. The summed E-state index contributed by atoms with van der Waals surface area (Å²) in [4.78, 5) is 0. The van der Waals surface area contributed by atoms with E-state index in [1.807, 2.05) is 0 Å². The van der Waals surface area contributed by atoms with Gasteiger partial charge in [-0.05, 0) is 24.3 Å². The Morgan fingerprint density at radius 1 is 0.438 bits per heavy atom. The van der Waals surface area contributed by atoms with E-state index in [-0.39, 0.29) is 5.04 Å². The monoisotopic (exact) mass is 529 g/mol. The minimum atomic E-state index is -2.60. The van der Waals surface area contributed by atoms with Crippen molar-refractivity contribution in [1.82, 2.24) is 0 Å². The molecule has 0 atom stereocenters. The highest BCUT2D eigenvalue weighted by molar-refractivity contribution is 6.61. The minimum absolute atomic E-state index is 0.0832. The fraction of sp³-hybridized carbons (Fsp3) is 1.00. The number of hydrogen-bond acceptors (Lipinski definition) is 9. The first-order valence-corrected chi connectivity index (χ1v) is 17.2. The molecule has 0 aromatic rings. The molecule has 0 aromatic heterocycles. The molecule has 13 heteroatoms. The highest BCUT2D eigenvalue weighted by Gasteiger charge is 2.41. The SMILES string of the molecule is CO[Si](CCCC([Si])(CCC[Si](OC)(OC)OC)CCC[Si](OC)(OC)OC)(OC)OC. The lowest BCUT2D eigenvalue weighted by molar-refractivity contribution is 0.121. The quantitative estimate of drug-likeness (QED) is 0.208. The van der Waals surface area contributed by atoms with Crippen molar-refractivity contribution in [3.05, 3.63) is 0 Å². The molecule has 32 heavy (non-hydrogen) atoms. The van der Waals surface area contributed by atoms with Crippen LogP contribution in [0.2, 0.25) is 23.2 Å². The summed E-state index contributed by atoms with van der Waals surface area (Å²) in [7, 11) is 11.2. The van der Waals surface area contributed by atoms with E-state index in [9.17, 15) is 0 Å². The van der Waals surface area contributed by atoms with E-state index in [0.29, 0.717) is 0 Å². The molecule has 9 nitrogen and oxygen atoms in total. The highest BCUT2D eigenvalue weighted by Crippen LogP contribution is 2.42. The van der Waals surface area contributed by atoms with Crippen molar-refractivity contribution in [2.24, 2.45) is 0 Å². The third-order valence-electron chi connectivity index (χ3n) is 6.21. The Kier molecular flexibility index (Phi) is 16.5.